The van der Waals surface area contributed by atoms with E-state index < -0.39 is 0 Å². The summed E-state index contributed by atoms with van der Waals surface area (Å²) in [6.45, 7) is 0.335. The second-order valence-electron chi connectivity index (χ2n) is 2.05. The van der Waals surface area contributed by atoms with E-state index in [-0.39, 0.29) is 0 Å². The maximum atomic E-state index is 9.96. The van der Waals surface area contributed by atoms with Crippen LogP contribution in [0.15, 0.2) is 24.3 Å². The third-order valence-corrected chi connectivity index (χ3v) is 1.49. The number of nitrogens with one attached hydrogen (secondary N) is 1. The Morgan fingerprint density at radius 3 is 2.55 bits per heavy atom. The number of benzene rings is 1. The van der Waals surface area contributed by atoms with Gasteiger partial charge in [0, 0.05) is 10.7 Å². The molecule has 0 aliphatic carbocycles. The molecule has 58 valence electrons. The predicted octanol–water partition coefficient (Wildman–Crippen LogP) is 1.95. The van der Waals surface area contributed by atoms with Crippen molar-refractivity contribution in [2.75, 3.05) is 11.9 Å². The summed E-state index contributed by atoms with van der Waals surface area (Å²) in [5.41, 5.74) is 0.904. The smallest absolute Gasteiger partial charge is 0.139 e. The average molecular weight is 170 g/mol. The number of hydrogen-bond acceptors (Lipinski definition) is 2. The van der Waals surface area contributed by atoms with Crippen LogP contribution in [-0.2, 0) is 4.79 Å². The molecule has 0 atom stereocenters. The fourth-order valence-electron chi connectivity index (χ4n) is 0.727. The van der Waals surface area contributed by atoms with Crippen molar-refractivity contribution < 1.29 is 4.79 Å². The van der Waals surface area contributed by atoms with Crippen molar-refractivity contribution in [2.24, 2.45) is 0 Å². The Labute approximate surface area is 70.2 Å². The van der Waals surface area contributed by atoms with E-state index in [0.29, 0.717) is 11.6 Å². The summed E-state index contributed by atoms with van der Waals surface area (Å²) in [5, 5.41) is 3.59. The van der Waals surface area contributed by atoms with Crippen molar-refractivity contribution >= 4 is 23.6 Å². The first-order valence-corrected chi connectivity index (χ1v) is 3.64. The average Bonchev–Trinajstić information content (AvgIpc) is 2.04. The molecular weight excluding hydrogens is 162 g/mol. The molecule has 0 amide bonds. The van der Waals surface area contributed by atoms with Crippen LogP contribution >= 0.6 is 11.6 Å². The van der Waals surface area contributed by atoms with E-state index in [1.807, 2.05) is 12.1 Å². The summed E-state index contributed by atoms with van der Waals surface area (Å²) in [6, 6.07) is 7.20. The molecule has 0 unspecified atom stereocenters. The van der Waals surface area contributed by atoms with Crippen molar-refractivity contribution in [1.29, 1.82) is 0 Å². The van der Waals surface area contributed by atoms with E-state index in [1.165, 1.54) is 0 Å². The van der Waals surface area contributed by atoms with Crippen LogP contribution in [0.3, 0.4) is 0 Å². The number of aldehydes is 1. The van der Waals surface area contributed by atoms with Crippen molar-refractivity contribution in [3.8, 4) is 0 Å². The fraction of sp³-hybridized carbons (Fsp3) is 0.125. The molecule has 0 fully saturated rings. The SMILES string of the molecule is O=CCNc1ccc(Cl)cc1. The van der Waals surface area contributed by atoms with Gasteiger partial charge in [0.1, 0.15) is 6.29 Å². The molecule has 1 aromatic carbocycles. The zero-order chi connectivity index (χ0) is 8.10. The first-order chi connectivity index (χ1) is 5.33. The number of hydrogen-bond donors (Lipinski definition) is 1. The van der Waals surface area contributed by atoms with Gasteiger partial charge >= 0.3 is 0 Å². The first-order valence-electron chi connectivity index (χ1n) is 3.26. The second-order valence-corrected chi connectivity index (χ2v) is 2.49. The van der Waals surface area contributed by atoms with Gasteiger partial charge in [-0.15, -0.1) is 0 Å². The Kier molecular flexibility index (Phi) is 2.93. The summed E-state index contributed by atoms with van der Waals surface area (Å²) in [5.74, 6) is 0. The molecule has 1 aromatic rings. The van der Waals surface area contributed by atoms with E-state index in [1.54, 1.807) is 12.1 Å². The molecule has 0 saturated carbocycles. The number of anilines is 1. The lowest BCUT2D eigenvalue weighted by atomic mass is 10.3. The maximum Gasteiger partial charge on any atom is 0.139 e. The van der Waals surface area contributed by atoms with Crippen LogP contribution in [0.5, 0.6) is 0 Å². The predicted molar refractivity (Wildman–Crippen MR) is 46.0 cm³/mol. The quantitative estimate of drug-likeness (QED) is 0.701. The minimum Gasteiger partial charge on any atom is -0.378 e. The Balaban J connectivity index is 2.58. The molecule has 0 aliphatic rings. The Morgan fingerprint density at radius 1 is 1.36 bits per heavy atom. The fourth-order valence-corrected chi connectivity index (χ4v) is 0.853. The van der Waals surface area contributed by atoms with Gasteiger partial charge < -0.3 is 10.1 Å². The van der Waals surface area contributed by atoms with Gasteiger partial charge in [0.2, 0.25) is 0 Å². The summed E-state index contributed by atoms with van der Waals surface area (Å²) >= 11 is 5.65. The highest BCUT2D eigenvalue weighted by atomic mass is 35.5. The molecule has 0 bridgehead atoms. The molecular formula is C8H8ClNO. The molecule has 2 nitrogen and oxygen atoms in total. The molecule has 0 saturated heterocycles. The molecule has 0 aliphatic heterocycles. The van der Waals surface area contributed by atoms with Gasteiger partial charge in [-0.3, -0.25) is 0 Å². The molecule has 3 heteroatoms. The Morgan fingerprint density at radius 2 is 2.00 bits per heavy atom. The highest BCUT2D eigenvalue weighted by Crippen LogP contribution is 2.12. The lowest BCUT2D eigenvalue weighted by molar-refractivity contribution is -0.106. The van der Waals surface area contributed by atoms with Crippen LogP contribution in [0.2, 0.25) is 5.02 Å². The van der Waals surface area contributed by atoms with E-state index in [2.05, 4.69) is 5.32 Å². The second kappa shape index (κ2) is 3.98. The van der Waals surface area contributed by atoms with Gasteiger partial charge in [0.05, 0.1) is 6.54 Å². The van der Waals surface area contributed by atoms with Crippen molar-refractivity contribution in [3.05, 3.63) is 29.3 Å². The summed E-state index contributed by atoms with van der Waals surface area (Å²) < 4.78 is 0. The van der Waals surface area contributed by atoms with Crippen LogP contribution in [-0.4, -0.2) is 12.8 Å². The van der Waals surface area contributed by atoms with E-state index >= 15 is 0 Å². The lowest BCUT2D eigenvalue weighted by Crippen LogP contribution is -2.01. The summed E-state index contributed by atoms with van der Waals surface area (Å²) in [4.78, 5) is 9.96. The third-order valence-electron chi connectivity index (χ3n) is 1.23. The van der Waals surface area contributed by atoms with Crippen molar-refractivity contribution in [1.82, 2.24) is 0 Å². The largest absolute Gasteiger partial charge is 0.378 e. The van der Waals surface area contributed by atoms with Crippen LogP contribution in [0.25, 0.3) is 0 Å². The highest BCUT2D eigenvalue weighted by Gasteiger charge is 1.89. The van der Waals surface area contributed by atoms with Crippen LogP contribution in [0, 0.1) is 0 Å². The van der Waals surface area contributed by atoms with Crippen molar-refractivity contribution in [3.63, 3.8) is 0 Å². The van der Waals surface area contributed by atoms with Gasteiger partial charge in [-0.1, -0.05) is 11.6 Å². The first kappa shape index (κ1) is 8.08. The Hall–Kier alpha value is -1.02. The summed E-state index contributed by atoms with van der Waals surface area (Å²) in [7, 11) is 0. The Bertz CT molecular complexity index is 232. The van der Waals surface area contributed by atoms with Crippen LogP contribution in [0.1, 0.15) is 0 Å². The zero-order valence-corrected chi connectivity index (χ0v) is 6.64. The van der Waals surface area contributed by atoms with E-state index in [0.717, 1.165) is 12.0 Å². The zero-order valence-electron chi connectivity index (χ0n) is 5.88. The van der Waals surface area contributed by atoms with Crippen LogP contribution in [0.4, 0.5) is 5.69 Å². The molecule has 0 heterocycles. The third kappa shape index (κ3) is 2.60. The number of carbonyl (C=O) groups is 1. The highest BCUT2D eigenvalue weighted by molar-refractivity contribution is 6.30. The number of carbonyl (C=O) groups excluding carboxylic acids is 1. The molecule has 0 spiro atoms. The van der Waals surface area contributed by atoms with E-state index in [9.17, 15) is 4.79 Å². The lowest BCUT2D eigenvalue weighted by Gasteiger charge is -2.00. The topological polar surface area (TPSA) is 29.1 Å². The molecule has 11 heavy (non-hydrogen) atoms. The molecule has 0 aromatic heterocycles. The normalized spacial score (nSPS) is 9.18. The van der Waals surface area contributed by atoms with Gasteiger partial charge in [-0.05, 0) is 24.3 Å². The molecule has 1 rings (SSSR count). The van der Waals surface area contributed by atoms with E-state index in [4.69, 9.17) is 11.6 Å². The standard InChI is InChI=1S/C8H8ClNO/c9-7-1-3-8(4-2-7)10-5-6-11/h1-4,6,10H,5H2. The molecule has 1 N–H and O–H groups in total. The van der Waals surface area contributed by atoms with Gasteiger partial charge in [-0.2, -0.15) is 0 Å². The monoisotopic (exact) mass is 169 g/mol. The van der Waals surface area contributed by atoms with Gasteiger partial charge in [0.15, 0.2) is 0 Å². The number of rotatable bonds is 3. The van der Waals surface area contributed by atoms with Crippen molar-refractivity contribution in [2.45, 2.75) is 0 Å². The minimum absolute atomic E-state index is 0.335. The number of halogens is 1. The van der Waals surface area contributed by atoms with Crippen LogP contribution < -0.4 is 5.32 Å². The minimum atomic E-state index is 0.335. The molecule has 0 radical (unpaired) electrons. The van der Waals surface area contributed by atoms with Gasteiger partial charge in [-0.25, -0.2) is 0 Å². The maximum absolute atomic E-state index is 9.96. The summed E-state index contributed by atoms with van der Waals surface area (Å²) in [6.07, 6.45) is 0.814. The van der Waals surface area contributed by atoms with Gasteiger partial charge in [0.25, 0.3) is 0 Å².